The van der Waals surface area contributed by atoms with Gasteiger partial charge in [0.2, 0.25) is 5.89 Å². The van der Waals surface area contributed by atoms with Crippen LogP contribution in [0, 0.1) is 5.92 Å². The van der Waals surface area contributed by atoms with Crippen LogP contribution in [-0.4, -0.2) is 34.0 Å². The first-order chi connectivity index (χ1) is 14.5. The predicted molar refractivity (Wildman–Crippen MR) is 114 cm³/mol. The SMILES string of the molecule is CC(CN1CCc2oc(-c3ccc(OCc4ccc(Cl)cc4)cc3)nc2C1)C(=O)O. The van der Waals surface area contributed by atoms with E-state index in [1.54, 1.807) is 6.92 Å². The van der Waals surface area contributed by atoms with Crippen LogP contribution in [0.4, 0.5) is 0 Å². The molecule has 3 aromatic rings. The number of carbonyl (C=O) groups is 1. The molecule has 2 aromatic carbocycles. The molecule has 0 fully saturated rings. The first-order valence-corrected chi connectivity index (χ1v) is 10.3. The molecular formula is C23H23ClN2O4. The number of aromatic nitrogens is 1. The summed E-state index contributed by atoms with van der Waals surface area (Å²) in [5, 5.41) is 9.83. The molecule has 0 saturated heterocycles. The van der Waals surface area contributed by atoms with Gasteiger partial charge in [-0.15, -0.1) is 0 Å². The van der Waals surface area contributed by atoms with Gasteiger partial charge in [-0.25, -0.2) is 4.98 Å². The summed E-state index contributed by atoms with van der Waals surface area (Å²) in [6, 6.07) is 15.2. The van der Waals surface area contributed by atoms with Gasteiger partial charge >= 0.3 is 5.97 Å². The monoisotopic (exact) mass is 426 g/mol. The molecule has 1 N–H and O–H groups in total. The summed E-state index contributed by atoms with van der Waals surface area (Å²) in [6.07, 6.45) is 0.733. The zero-order valence-corrected chi connectivity index (χ0v) is 17.4. The number of benzene rings is 2. The van der Waals surface area contributed by atoms with Crippen molar-refractivity contribution in [2.24, 2.45) is 5.92 Å². The molecular weight excluding hydrogens is 404 g/mol. The molecule has 2 heterocycles. The van der Waals surface area contributed by atoms with Crippen molar-refractivity contribution < 1.29 is 19.1 Å². The van der Waals surface area contributed by atoms with Crippen LogP contribution in [0.3, 0.4) is 0 Å². The molecule has 0 saturated carbocycles. The number of carboxylic acid groups (broad SMARTS) is 1. The number of nitrogens with zero attached hydrogens (tertiary/aromatic N) is 2. The Balaban J connectivity index is 1.39. The lowest BCUT2D eigenvalue weighted by atomic mass is 10.1. The number of hydrogen-bond acceptors (Lipinski definition) is 5. The summed E-state index contributed by atoms with van der Waals surface area (Å²) in [5.41, 5.74) is 2.82. The smallest absolute Gasteiger partial charge is 0.307 e. The molecule has 1 aliphatic rings. The fraction of sp³-hybridized carbons (Fsp3) is 0.304. The third-order valence-electron chi connectivity index (χ3n) is 5.18. The Kier molecular flexibility index (Phi) is 6.06. The van der Waals surface area contributed by atoms with Gasteiger partial charge in [-0.05, 0) is 42.0 Å². The lowest BCUT2D eigenvalue weighted by molar-refractivity contribution is -0.141. The van der Waals surface area contributed by atoms with Gasteiger partial charge in [0.25, 0.3) is 0 Å². The Morgan fingerprint density at radius 3 is 2.67 bits per heavy atom. The van der Waals surface area contributed by atoms with E-state index in [4.69, 9.17) is 25.9 Å². The molecule has 0 spiro atoms. The molecule has 1 unspecified atom stereocenters. The zero-order valence-electron chi connectivity index (χ0n) is 16.7. The quantitative estimate of drug-likeness (QED) is 0.592. The van der Waals surface area contributed by atoms with E-state index in [0.717, 1.165) is 41.3 Å². The second kappa shape index (κ2) is 8.90. The van der Waals surface area contributed by atoms with Gasteiger partial charge < -0.3 is 14.3 Å². The zero-order chi connectivity index (χ0) is 21.1. The van der Waals surface area contributed by atoms with Crippen LogP contribution in [-0.2, 0) is 24.4 Å². The van der Waals surface area contributed by atoms with Crippen LogP contribution in [0.5, 0.6) is 5.75 Å². The topological polar surface area (TPSA) is 75.8 Å². The Morgan fingerprint density at radius 2 is 1.97 bits per heavy atom. The number of halogens is 1. The van der Waals surface area contributed by atoms with Crippen molar-refractivity contribution in [2.45, 2.75) is 26.5 Å². The number of hydrogen-bond donors (Lipinski definition) is 1. The van der Waals surface area contributed by atoms with Crippen molar-refractivity contribution in [1.82, 2.24) is 9.88 Å². The van der Waals surface area contributed by atoms with Crippen LogP contribution in [0.15, 0.2) is 52.9 Å². The highest BCUT2D eigenvalue weighted by atomic mass is 35.5. The summed E-state index contributed by atoms with van der Waals surface area (Å²) < 4.78 is 11.8. The summed E-state index contributed by atoms with van der Waals surface area (Å²) >= 11 is 5.90. The molecule has 30 heavy (non-hydrogen) atoms. The number of aliphatic carboxylic acids is 1. The van der Waals surface area contributed by atoms with Gasteiger partial charge in [0.05, 0.1) is 11.6 Å². The van der Waals surface area contributed by atoms with E-state index in [1.807, 2.05) is 48.5 Å². The van der Waals surface area contributed by atoms with Gasteiger partial charge in [0, 0.05) is 36.6 Å². The van der Waals surface area contributed by atoms with E-state index in [2.05, 4.69) is 9.88 Å². The Morgan fingerprint density at radius 1 is 1.23 bits per heavy atom. The van der Waals surface area contributed by atoms with E-state index >= 15 is 0 Å². The summed E-state index contributed by atoms with van der Waals surface area (Å²) in [5.74, 6) is 1.04. The molecule has 0 bridgehead atoms. The van der Waals surface area contributed by atoms with Crippen LogP contribution in [0.2, 0.25) is 5.02 Å². The van der Waals surface area contributed by atoms with Gasteiger partial charge in [-0.2, -0.15) is 0 Å². The van der Waals surface area contributed by atoms with Crippen molar-refractivity contribution >= 4 is 17.6 Å². The third-order valence-corrected chi connectivity index (χ3v) is 5.43. The molecule has 0 aliphatic carbocycles. The van der Waals surface area contributed by atoms with Gasteiger partial charge in [0.15, 0.2) is 0 Å². The van der Waals surface area contributed by atoms with Crippen LogP contribution in [0.1, 0.15) is 23.9 Å². The van der Waals surface area contributed by atoms with Gasteiger partial charge in [-0.3, -0.25) is 9.69 Å². The highest BCUT2D eigenvalue weighted by Crippen LogP contribution is 2.28. The standard InChI is InChI=1S/C23H23ClN2O4/c1-15(23(27)28)12-26-11-10-21-20(13-26)25-22(30-21)17-4-8-19(9-5-17)29-14-16-2-6-18(24)7-3-16/h2-9,15H,10-14H2,1H3,(H,27,28). The van der Waals surface area contributed by atoms with Crippen molar-refractivity contribution in [3.05, 3.63) is 70.6 Å². The molecule has 6 nitrogen and oxygen atoms in total. The van der Waals surface area contributed by atoms with Crippen molar-refractivity contribution in [3.8, 4) is 17.2 Å². The first-order valence-electron chi connectivity index (χ1n) is 9.89. The molecule has 0 radical (unpaired) electrons. The minimum atomic E-state index is -0.778. The molecule has 1 atom stereocenters. The second-order valence-corrected chi connectivity index (χ2v) is 7.99. The lowest BCUT2D eigenvalue weighted by Crippen LogP contribution is -2.35. The van der Waals surface area contributed by atoms with E-state index in [1.165, 1.54) is 0 Å². The van der Waals surface area contributed by atoms with Crippen LogP contribution < -0.4 is 4.74 Å². The van der Waals surface area contributed by atoms with E-state index in [0.29, 0.717) is 30.6 Å². The average Bonchev–Trinajstić information content (AvgIpc) is 3.17. The summed E-state index contributed by atoms with van der Waals surface area (Å²) in [6.45, 7) is 4.09. The van der Waals surface area contributed by atoms with Crippen molar-refractivity contribution in [3.63, 3.8) is 0 Å². The summed E-state index contributed by atoms with van der Waals surface area (Å²) in [4.78, 5) is 17.9. The van der Waals surface area contributed by atoms with Crippen LogP contribution >= 0.6 is 11.6 Å². The minimum Gasteiger partial charge on any atom is -0.489 e. The second-order valence-electron chi connectivity index (χ2n) is 7.55. The number of carboxylic acids is 1. The van der Waals surface area contributed by atoms with E-state index in [-0.39, 0.29) is 0 Å². The maximum Gasteiger partial charge on any atom is 0.307 e. The normalized spacial score (nSPS) is 14.9. The lowest BCUT2D eigenvalue weighted by Gasteiger charge is -2.26. The Labute approximate surface area is 180 Å². The molecule has 1 aliphatic heterocycles. The van der Waals surface area contributed by atoms with E-state index in [9.17, 15) is 4.79 Å². The number of fused-ring (bicyclic) bond motifs is 1. The molecule has 0 amide bonds. The third kappa shape index (κ3) is 4.83. The van der Waals surface area contributed by atoms with Crippen molar-refractivity contribution in [1.29, 1.82) is 0 Å². The fourth-order valence-electron chi connectivity index (χ4n) is 3.44. The maximum atomic E-state index is 11.1. The highest BCUT2D eigenvalue weighted by Gasteiger charge is 2.25. The molecule has 1 aromatic heterocycles. The first kappa shape index (κ1) is 20.4. The van der Waals surface area contributed by atoms with Crippen LogP contribution in [0.25, 0.3) is 11.5 Å². The number of oxazole rings is 1. The summed E-state index contributed by atoms with van der Waals surface area (Å²) in [7, 11) is 0. The predicted octanol–water partition coefficient (Wildman–Crippen LogP) is 4.65. The Bertz CT molecular complexity index is 1010. The largest absolute Gasteiger partial charge is 0.489 e. The van der Waals surface area contributed by atoms with Gasteiger partial charge in [-0.1, -0.05) is 30.7 Å². The molecule has 7 heteroatoms. The highest BCUT2D eigenvalue weighted by molar-refractivity contribution is 6.30. The minimum absolute atomic E-state index is 0.404. The van der Waals surface area contributed by atoms with E-state index < -0.39 is 11.9 Å². The fourth-order valence-corrected chi connectivity index (χ4v) is 3.56. The number of ether oxygens (including phenoxy) is 1. The molecule has 4 rings (SSSR count). The van der Waals surface area contributed by atoms with Crippen molar-refractivity contribution in [2.75, 3.05) is 13.1 Å². The van der Waals surface area contributed by atoms with Gasteiger partial charge in [0.1, 0.15) is 18.1 Å². The number of rotatable bonds is 7. The average molecular weight is 427 g/mol. The molecule has 156 valence electrons. The maximum absolute atomic E-state index is 11.1. The Hall–Kier alpha value is -2.83.